The van der Waals surface area contributed by atoms with Gasteiger partial charge in [-0.2, -0.15) is 5.26 Å². The number of hydrogen-bond acceptors (Lipinski definition) is 5. The topological polar surface area (TPSA) is 53.1 Å². The van der Waals surface area contributed by atoms with Gasteiger partial charge in [0.05, 0.1) is 26.4 Å². The molecule has 0 aliphatic carbocycles. The van der Waals surface area contributed by atoms with Crippen LogP contribution in [0.2, 0.25) is 0 Å². The minimum Gasteiger partial charge on any atom is -0.496 e. The average molecular weight is 745 g/mol. The second-order valence-corrected chi connectivity index (χ2v) is 19.1. The van der Waals surface area contributed by atoms with Crippen molar-refractivity contribution in [2.24, 2.45) is 0 Å². The van der Waals surface area contributed by atoms with Crippen LogP contribution in [0, 0.1) is 17.9 Å². The monoisotopic (exact) mass is 744 g/mol. The van der Waals surface area contributed by atoms with Crippen LogP contribution in [0.15, 0.2) is 36.4 Å². The van der Waals surface area contributed by atoms with Crippen molar-refractivity contribution in [1.29, 1.82) is 5.26 Å². The summed E-state index contributed by atoms with van der Waals surface area (Å²) in [5.74, 6) is 1.85. The molecule has 0 unspecified atom stereocenters. The maximum Gasteiger partial charge on any atom is 0.195 e. The Morgan fingerprint density at radius 1 is 0.625 bits per heavy atom. The Morgan fingerprint density at radius 3 is 1.55 bits per heavy atom. The molecule has 56 heavy (non-hydrogen) atoms. The number of anilines is 2. The van der Waals surface area contributed by atoms with Crippen LogP contribution in [0.3, 0.4) is 0 Å². The first kappa shape index (κ1) is 37.7. The van der Waals surface area contributed by atoms with E-state index in [9.17, 15) is 5.26 Å². The van der Waals surface area contributed by atoms with Crippen molar-refractivity contribution in [3.8, 4) is 17.6 Å². The van der Waals surface area contributed by atoms with Crippen molar-refractivity contribution in [2.75, 3.05) is 50.2 Å². The average Bonchev–Trinajstić information content (AvgIpc) is 3.16. The van der Waals surface area contributed by atoms with Crippen LogP contribution in [0.25, 0.3) is 39.9 Å². The molecule has 4 aromatic rings. The highest BCUT2D eigenvalue weighted by atomic mass is 16.5. The fraction of sp³-hybridized carbons (Fsp3) is 0.440. The zero-order valence-corrected chi connectivity index (χ0v) is 35.0. The third-order valence-corrected chi connectivity index (χ3v) is 13.7. The van der Waals surface area contributed by atoms with E-state index in [1.54, 1.807) is 14.2 Å². The molecule has 4 aromatic carbocycles. The molecule has 0 bridgehead atoms. The van der Waals surface area contributed by atoms with Gasteiger partial charge < -0.3 is 19.3 Å². The molecule has 4 aliphatic rings. The molecule has 0 saturated heterocycles. The molecule has 0 amide bonds. The molecule has 4 aliphatic heterocycles. The second-order valence-electron chi connectivity index (χ2n) is 19.1. The summed E-state index contributed by atoms with van der Waals surface area (Å²) in [7, 11) is 3.56. The Morgan fingerprint density at radius 2 is 1.09 bits per heavy atom. The zero-order chi connectivity index (χ0) is 39.9. The highest BCUT2D eigenvalue weighted by Crippen LogP contribution is 2.55. The van der Waals surface area contributed by atoms with Crippen LogP contribution in [-0.2, 0) is 21.7 Å². The van der Waals surface area contributed by atoms with Crippen molar-refractivity contribution < 1.29 is 9.47 Å². The number of benzene rings is 4. The van der Waals surface area contributed by atoms with Crippen LogP contribution >= 0.6 is 0 Å². The van der Waals surface area contributed by atoms with Gasteiger partial charge in [0, 0.05) is 59.8 Å². The van der Waals surface area contributed by atoms with Gasteiger partial charge in [-0.3, -0.25) is 0 Å². The minimum atomic E-state index is -0.0384. The molecule has 0 N–H and O–H groups in total. The predicted octanol–water partition coefficient (Wildman–Crippen LogP) is 12.0. The normalized spacial score (nSPS) is 19.7. The van der Waals surface area contributed by atoms with E-state index in [0.717, 1.165) is 96.4 Å². The maximum atomic E-state index is 10.6. The third kappa shape index (κ3) is 5.87. The molecule has 6 nitrogen and oxygen atoms in total. The largest absolute Gasteiger partial charge is 0.496 e. The Balaban J connectivity index is 1.21. The molecule has 0 atom stereocenters. The van der Waals surface area contributed by atoms with Gasteiger partial charge in [0.1, 0.15) is 17.6 Å². The number of hydrogen-bond donors (Lipinski definition) is 0. The summed E-state index contributed by atoms with van der Waals surface area (Å²) in [4.78, 5) is 9.11. The summed E-state index contributed by atoms with van der Waals surface area (Å²) in [6.45, 7) is 31.2. The molecule has 4 heterocycles. The number of fused-ring (bicyclic) bond motifs is 1. The van der Waals surface area contributed by atoms with Crippen LogP contribution < -0.4 is 19.3 Å². The van der Waals surface area contributed by atoms with E-state index in [0.29, 0.717) is 11.3 Å². The maximum absolute atomic E-state index is 10.6. The highest BCUT2D eigenvalue weighted by molar-refractivity contribution is 6.02. The lowest BCUT2D eigenvalue weighted by Crippen LogP contribution is -2.45. The lowest BCUT2D eigenvalue weighted by molar-refractivity contribution is 0.362. The zero-order valence-electron chi connectivity index (χ0n) is 35.0. The quantitative estimate of drug-likeness (QED) is 0.145. The molecule has 0 aromatic heterocycles. The number of nitriles is 1. The smallest absolute Gasteiger partial charge is 0.195 e. The molecular weight excluding hydrogens is 689 g/mol. The summed E-state index contributed by atoms with van der Waals surface area (Å²) in [5.41, 5.74) is 13.0. The number of methoxy groups -OCH3 is 2. The fourth-order valence-electron chi connectivity index (χ4n) is 10.1. The van der Waals surface area contributed by atoms with Crippen molar-refractivity contribution in [3.63, 3.8) is 0 Å². The van der Waals surface area contributed by atoms with Crippen LogP contribution in [0.1, 0.15) is 131 Å². The summed E-state index contributed by atoms with van der Waals surface area (Å²) < 4.78 is 12.4. The fourth-order valence-corrected chi connectivity index (χ4v) is 10.1. The van der Waals surface area contributed by atoms with E-state index in [4.69, 9.17) is 16.0 Å². The first-order valence-electron chi connectivity index (χ1n) is 20.3. The van der Waals surface area contributed by atoms with Crippen LogP contribution in [-0.4, -0.2) is 40.4 Å². The van der Waals surface area contributed by atoms with Gasteiger partial charge in [0.25, 0.3) is 0 Å². The highest BCUT2D eigenvalue weighted by Gasteiger charge is 2.44. The molecule has 8 rings (SSSR count). The SMILES string of the molecule is [C-]#[N+]c1cc(C=Cc2cc3c4c(c2OC)C(C)(C)CCN4CCC3(C)C)c(C#N)c2ccc(C=Cc3cc4c5c(c3OC)C(C)(C)CCN5CCC4(C)C)cc12. The van der Waals surface area contributed by atoms with Crippen molar-refractivity contribution in [1.82, 2.24) is 0 Å². The summed E-state index contributed by atoms with van der Waals surface area (Å²) in [5, 5.41) is 12.2. The van der Waals surface area contributed by atoms with Gasteiger partial charge in [-0.05, 0) is 98.6 Å². The van der Waals surface area contributed by atoms with E-state index in [1.165, 1.54) is 33.6 Å². The third-order valence-electron chi connectivity index (χ3n) is 13.7. The van der Waals surface area contributed by atoms with E-state index in [2.05, 4.69) is 113 Å². The van der Waals surface area contributed by atoms with Gasteiger partial charge in [-0.1, -0.05) is 97.9 Å². The standard InChI is InChI=1S/C50H56N4O2/c1-47(2)18-22-53-24-20-49(5,6)41-43(53)38(47)27-33(45(41)55-10)14-12-31-13-17-35-36(26-31)40(52-9)29-32(37(35)30-51)15-16-34-28-39-44-42(46(34)56-11)50(7,8)21-25-54(44)23-19-48(39,3)4/h12-17,26-29H,18-25H2,1-8,10-11H3. The summed E-state index contributed by atoms with van der Waals surface area (Å²) >= 11 is 0. The summed E-state index contributed by atoms with van der Waals surface area (Å²) in [6, 6.07) is 15.1. The number of nitrogens with zero attached hydrogens (tertiary/aromatic N) is 4. The van der Waals surface area contributed by atoms with Gasteiger partial charge in [-0.25, -0.2) is 4.85 Å². The lowest BCUT2D eigenvalue weighted by Gasteiger charge is -2.48. The molecule has 288 valence electrons. The van der Waals surface area contributed by atoms with Crippen LogP contribution in [0.4, 0.5) is 17.1 Å². The first-order valence-corrected chi connectivity index (χ1v) is 20.3. The molecule has 0 saturated carbocycles. The Bertz CT molecular complexity index is 2440. The van der Waals surface area contributed by atoms with E-state index in [-0.39, 0.29) is 21.7 Å². The van der Waals surface area contributed by atoms with Crippen molar-refractivity contribution in [3.05, 3.63) is 97.9 Å². The van der Waals surface area contributed by atoms with Gasteiger partial charge in [0.15, 0.2) is 5.69 Å². The van der Waals surface area contributed by atoms with Gasteiger partial charge in [0.2, 0.25) is 0 Å². The van der Waals surface area contributed by atoms with Gasteiger partial charge >= 0.3 is 0 Å². The minimum absolute atomic E-state index is 0.00754. The van der Waals surface area contributed by atoms with E-state index >= 15 is 0 Å². The molecule has 0 fully saturated rings. The Labute approximate surface area is 334 Å². The number of rotatable bonds is 6. The van der Waals surface area contributed by atoms with Crippen LogP contribution in [0.5, 0.6) is 11.5 Å². The first-order chi connectivity index (χ1) is 26.5. The molecule has 0 spiro atoms. The Hall–Kier alpha value is -5.20. The van der Waals surface area contributed by atoms with Gasteiger partial charge in [-0.15, -0.1) is 0 Å². The Kier molecular flexibility index (Phi) is 8.89. The predicted molar refractivity (Wildman–Crippen MR) is 234 cm³/mol. The number of ether oxygens (including phenoxy) is 2. The van der Waals surface area contributed by atoms with Crippen molar-refractivity contribution in [2.45, 2.75) is 103 Å². The van der Waals surface area contributed by atoms with E-state index < -0.39 is 0 Å². The lowest BCUT2D eigenvalue weighted by atomic mass is 9.68. The molecule has 0 radical (unpaired) electrons. The van der Waals surface area contributed by atoms with Crippen molar-refractivity contribution >= 4 is 52.1 Å². The van der Waals surface area contributed by atoms with E-state index in [1.807, 2.05) is 24.3 Å². The summed E-state index contributed by atoms with van der Waals surface area (Å²) in [6.07, 6.45) is 12.7. The molecule has 6 heteroatoms. The molecular formula is C50H56N4O2. The second kappa shape index (κ2) is 13.2.